The van der Waals surface area contributed by atoms with Crippen LogP contribution in [0.2, 0.25) is 0 Å². The molecule has 1 aliphatic carbocycles. The Kier molecular flexibility index (Phi) is 7.75. The third-order valence-corrected chi connectivity index (χ3v) is 18.7. The van der Waals surface area contributed by atoms with Crippen LogP contribution in [0.3, 0.4) is 0 Å². The van der Waals surface area contributed by atoms with E-state index in [-0.39, 0.29) is 0 Å². The van der Waals surface area contributed by atoms with E-state index in [2.05, 4.69) is 203 Å². The minimum atomic E-state index is -0.735. The van der Waals surface area contributed by atoms with Crippen molar-refractivity contribution in [2.75, 3.05) is 14.7 Å². The van der Waals surface area contributed by atoms with Gasteiger partial charge in [0.05, 0.1) is 0 Å². The number of aromatic nitrogens is 2. The van der Waals surface area contributed by atoms with Crippen LogP contribution >= 0.6 is 0 Å². The van der Waals surface area contributed by atoms with Crippen molar-refractivity contribution < 1.29 is 0 Å². The number of anilines is 9. The van der Waals surface area contributed by atoms with Gasteiger partial charge in [-0.25, -0.2) is 0 Å². The standard InChI is InChI=1S/C53H33N5Te2/c1-2-14-34(15-3-1)56-41-28-26-35(57-43-18-4-8-22-47(43)59-48-23-9-5-19-44(48)57)32-39(41)53(37-16-12-30-54-51(37)52-38(53)17-13-31-55-52)40-33-36(27-29-42(40)56)58-45-20-6-10-24-49(45)60-50-25-11-7-21-46(50)58/h1-33H. The summed E-state index contributed by atoms with van der Waals surface area (Å²) in [4.78, 5) is 17.7. The summed E-state index contributed by atoms with van der Waals surface area (Å²) in [5.74, 6) is 0. The minimum absolute atomic E-state index is 0.554. The van der Waals surface area contributed by atoms with Crippen molar-refractivity contribution in [2.45, 2.75) is 5.41 Å². The van der Waals surface area contributed by atoms with E-state index < -0.39 is 47.3 Å². The van der Waals surface area contributed by atoms with E-state index in [0.29, 0.717) is 0 Å². The SMILES string of the molecule is c1ccc(N2c3ccc(N4c5ccccc5[Te]c5ccccc54)cc3C3(c4cc(N5c6ccccc6[Te]c6ccccc65)ccc42)c2cccnc2-c2ncccc23)cc1. The van der Waals surface area contributed by atoms with Crippen molar-refractivity contribution in [2.24, 2.45) is 0 Å². The zero-order valence-electron chi connectivity index (χ0n) is 32.1. The molecule has 0 unspecified atom stereocenters. The van der Waals surface area contributed by atoms with Gasteiger partial charge in [-0.05, 0) is 0 Å². The van der Waals surface area contributed by atoms with Crippen molar-refractivity contribution in [3.05, 3.63) is 223 Å². The molecule has 3 aliphatic heterocycles. The van der Waals surface area contributed by atoms with Crippen molar-refractivity contribution >= 4 is 107 Å². The fourth-order valence-electron chi connectivity index (χ4n) is 9.93. The zero-order chi connectivity index (χ0) is 39.4. The Morgan fingerprint density at radius 1 is 0.317 bits per heavy atom. The van der Waals surface area contributed by atoms with Crippen LogP contribution < -0.4 is 29.1 Å². The number of hydrogen-bond acceptors (Lipinski definition) is 5. The van der Waals surface area contributed by atoms with Crippen LogP contribution in [0, 0.1) is 0 Å². The van der Waals surface area contributed by atoms with Crippen LogP contribution in [0.1, 0.15) is 22.3 Å². The molecular weight excluding hydrogens is 962 g/mol. The first-order valence-corrected chi connectivity index (χ1v) is 24.8. The Morgan fingerprint density at radius 3 is 1.13 bits per heavy atom. The molecule has 9 aromatic rings. The van der Waals surface area contributed by atoms with Gasteiger partial charge in [0.15, 0.2) is 0 Å². The van der Waals surface area contributed by atoms with E-state index in [4.69, 9.17) is 9.97 Å². The average molecular weight is 995 g/mol. The van der Waals surface area contributed by atoms with E-state index in [9.17, 15) is 0 Å². The number of para-hydroxylation sites is 5. The summed E-state index contributed by atoms with van der Waals surface area (Å²) in [6.07, 6.45) is 3.83. The van der Waals surface area contributed by atoms with Crippen molar-refractivity contribution in [1.82, 2.24) is 9.97 Å². The van der Waals surface area contributed by atoms with E-state index in [1.807, 2.05) is 12.4 Å². The topological polar surface area (TPSA) is 35.5 Å². The third-order valence-electron chi connectivity index (χ3n) is 12.3. The number of rotatable bonds is 3. The van der Waals surface area contributed by atoms with Crippen molar-refractivity contribution in [3.63, 3.8) is 0 Å². The van der Waals surface area contributed by atoms with Gasteiger partial charge in [-0.15, -0.1) is 0 Å². The number of pyridine rings is 2. The van der Waals surface area contributed by atoms with Gasteiger partial charge >= 0.3 is 372 Å². The van der Waals surface area contributed by atoms with Crippen LogP contribution in [0.4, 0.5) is 51.2 Å². The molecule has 0 saturated heterocycles. The number of nitrogens with zero attached hydrogens (tertiary/aromatic N) is 5. The predicted octanol–water partition coefficient (Wildman–Crippen LogP) is 9.50. The molecule has 4 aliphatic rings. The van der Waals surface area contributed by atoms with E-state index in [1.165, 1.54) is 48.3 Å². The number of hydrogen-bond donors (Lipinski definition) is 0. The molecule has 0 N–H and O–H groups in total. The molecule has 1 spiro atoms. The Balaban J connectivity index is 1.15. The second kappa shape index (κ2) is 13.4. The first-order valence-electron chi connectivity index (χ1n) is 20.1. The molecule has 2 aromatic heterocycles. The Bertz CT molecular complexity index is 2930. The summed E-state index contributed by atoms with van der Waals surface area (Å²) in [6.45, 7) is 0. The van der Waals surface area contributed by atoms with Gasteiger partial charge in [0, 0.05) is 0 Å². The second-order valence-corrected chi connectivity index (χ2v) is 21.6. The van der Waals surface area contributed by atoms with Gasteiger partial charge < -0.3 is 0 Å². The molecule has 5 heterocycles. The molecule has 7 heteroatoms. The van der Waals surface area contributed by atoms with Gasteiger partial charge in [0.1, 0.15) is 0 Å². The fraction of sp³-hybridized carbons (Fsp3) is 0.0189. The van der Waals surface area contributed by atoms with Gasteiger partial charge in [-0.3, -0.25) is 0 Å². The molecule has 0 bridgehead atoms. The first-order chi connectivity index (χ1) is 29.8. The van der Waals surface area contributed by atoms with Crippen LogP contribution in [-0.2, 0) is 5.41 Å². The van der Waals surface area contributed by atoms with E-state index in [0.717, 1.165) is 51.0 Å². The molecule has 60 heavy (non-hydrogen) atoms. The van der Waals surface area contributed by atoms with E-state index in [1.54, 1.807) is 0 Å². The molecule has 7 aromatic carbocycles. The third kappa shape index (κ3) is 4.87. The van der Waals surface area contributed by atoms with Crippen LogP contribution in [0.25, 0.3) is 11.4 Å². The number of benzene rings is 7. The quantitative estimate of drug-likeness (QED) is 0.165. The predicted molar refractivity (Wildman–Crippen MR) is 247 cm³/mol. The van der Waals surface area contributed by atoms with Gasteiger partial charge in [-0.2, -0.15) is 0 Å². The zero-order valence-corrected chi connectivity index (χ0v) is 36.8. The molecule has 5 nitrogen and oxygen atoms in total. The number of fused-ring (bicyclic) bond motifs is 13. The van der Waals surface area contributed by atoms with Crippen LogP contribution in [-0.4, -0.2) is 51.8 Å². The van der Waals surface area contributed by atoms with E-state index >= 15 is 0 Å². The van der Waals surface area contributed by atoms with Crippen LogP contribution in [0.5, 0.6) is 0 Å². The Morgan fingerprint density at radius 2 is 0.700 bits per heavy atom. The van der Waals surface area contributed by atoms with Gasteiger partial charge in [-0.1, -0.05) is 0 Å². The maximum atomic E-state index is 5.13. The molecule has 0 atom stereocenters. The van der Waals surface area contributed by atoms with Crippen molar-refractivity contribution in [3.8, 4) is 11.4 Å². The molecule has 0 saturated carbocycles. The Labute approximate surface area is 368 Å². The Hall–Kier alpha value is -6.18. The first kappa shape index (κ1) is 34.7. The fourth-order valence-corrected chi connectivity index (χ4v) is 16.0. The summed E-state index contributed by atoms with van der Waals surface area (Å²) in [7, 11) is 0. The van der Waals surface area contributed by atoms with Gasteiger partial charge in [0.25, 0.3) is 0 Å². The maximum absolute atomic E-state index is 5.13. The average Bonchev–Trinajstić information content (AvgIpc) is 3.61. The molecule has 0 amide bonds. The molecule has 282 valence electrons. The molecule has 0 radical (unpaired) electrons. The summed E-state index contributed by atoms with van der Waals surface area (Å²) in [5.41, 5.74) is 16.6. The molecule has 13 rings (SSSR count). The normalized spacial score (nSPS) is 14.6. The molecule has 0 fully saturated rings. The second-order valence-electron chi connectivity index (χ2n) is 15.4. The van der Waals surface area contributed by atoms with Crippen molar-refractivity contribution in [1.29, 1.82) is 0 Å². The summed E-state index contributed by atoms with van der Waals surface area (Å²) >= 11 is -1.11. The summed E-state index contributed by atoms with van der Waals surface area (Å²) in [6, 6.07) is 70.0. The van der Waals surface area contributed by atoms with Crippen LogP contribution in [0.15, 0.2) is 200 Å². The monoisotopic (exact) mass is 999 g/mol. The molecular formula is C53H33N5Te2. The summed E-state index contributed by atoms with van der Waals surface area (Å²) < 4.78 is 5.80. The van der Waals surface area contributed by atoms with Gasteiger partial charge in [0.2, 0.25) is 0 Å². The summed E-state index contributed by atoms with van der Waals surface area (Å²) in [5, 5.41) is 0.